The molecule has 1 aliphatic heterocycles. The quantitative estimate of drug-likeness (QED) is 0.371. The Kier molecular flexibility index (Phi) is 8.89. The van der Waals surface area contributed by atoms with Gasteiger partial charge in [-0.05, 0) is 48.9 Å². The van der Waals surface area contributed by atoms with Crippen molar-refractivity contribution in [3.05, 3.63) is 59.8 Å². The molecule has 0 saturated carbocycles. The van der Waals surface area contributed by atoms with Crippen LogP contribution in [0.1, 0.15) is 24.2 Å². The van der Waals surface area contributed by atoms with Gasteiger partial charge in [0.05, 0.1) is 12.8 Å². The summed E-state index contributed by atoms with van der Waals surface area (Å²) in [4.78, 5) is 7.15. The first-order chi connectivity index (χ1) is 14.2. The highest BCUT2D eigenvalue weighted by Crippen LogP contribution is 2.14. The van der Waals surface area contributed by atoms with Crippen molar-refractivity contribution >= 4 is 17.7 Å². The van der Waals surface area contributed by atoms with Gasteiger partial charge < -0.3 is 15.1 Å². The molecule has 3 rings (SSSR count). The maximum atomic E-state index is 13.1. The van der Waals surface area contributed by atoms with E-state index in [9.17, 15) is 4.39 Å². The van der Waals surface area contributed by atoms with Crippen LogP contribution >= 0.6 is 11.8 Å². The Morgan fingerprint density at radius 1 is 1.24 bits per heavy atom. The number of nitrogens with one attached hydrogen (secondary N) is 2. The third-order valence-corrected chi connectivity index (χ3v) is 5.65. The van der Waals surface area contributed by atoms with Crippen molar-refractivity contribution in [3.63, 3.8) is 0 Å². The zero-order valence-electron chi connectivity index (χ0n) is 17.1. The molecule has 0 atom stereocenters. The molecule has 0 amide bonds. The highest BCUT2D eigenvalue weighted by molar-refractivity contribution is 7.98. The number of halogens is 1. The van der Waals surface area contributed by atoms with Crippen LogP contribution in [0.25, 0.3) is 0 Å². The molecule has 2 heterocycles. The number of furan rings is 1. The maximum absolute atomic E-state index is 13.1. The monoisotopic (exact) mass is 418 g/mol. The number of benzene rings is 1. The van der Waals surface area contributed by atoms with Crippen LogP contribution in [0.4, 0.5) is 4.39 Å². The number of thioether (sulfide) groups is 1. The Morgan fingerprint density at radius 3 is 2.72 bits per heavy atom. The first-order valence-electron chi connectivity index (χ1n) is 10.3. The fraction of sp³-hybridized carbons (Fsp3) is 0.500. The lowest BCUT2D eigenvalue weighted by Crippen LogP contribution is -2.49. The number of hydrogen-bond acceptors (Lipinski definition) is 4. The van der Waals surface area contributed by atoms with Gasteiger partial charge in [0.15, 0.2) is 5.96 Å². The molecule has 1 fully saturated rings. The lowest BCUT2D eigenvalue weighted by molar-refractivity contribution is 0.198. The molecule has 7 heteroatoms. The van der Waals surface area contributed by atoms with Crippen LogP contribution in [0, 0.1) is 5.82 Å². The fourth-order valence-electron chi connectivity index (χ4n) is 3.44. The second-order valence-corrected chi connectivity index (χ2v) is 8.29. The van der Waals surface area contributed by atoms with E-state index in [1.165, 1.54) is 12.1 Å². The summed E-state index contributed by atoms with van der Waals surface area (Å²) < 4.78 is 18.5. The molecule has 0 bridgehead atoms. The summed E-state index contributed by atoms with van der Waals surface area (Å²) in [5.41, 5.74) is 1.16. The van der Waals surface area contributed by atoms with E-state index in [4.69, 9.17) is 9.41 Å². The van der Waals surface area contributed by atoms with Crippen molar-refractivity contribution in [1.82, 2.24) is 15.5 Å². The smallest absolute Gasteiger partial charge is 0.191 e. The van der Waals surface area contributed by atoms with Crippen LogP contribution in [-0.4, -0.2) is 55.1 Å². The van der Waals surface area contributed by atoms with Crippen molar-refractivity contribution in [3.8, 4) is 0 Å². The first kappa shape index (κ1) is 21.7. The molecule has 2 aromatic rings. The van der Waals surface area contributed by atoms with Crippen molar-refractivity contribution in [2.24, 2.45) is 4.99 Å². The van der Waals surface area contributed by atoms with E-state index >= 15 is 0 Å². The summed E-state index contributed by atoms with van der Waals surface area (Å²) in [6.45, 7) is 4.53. The summed E-state index contributed by atoms with van der Waals surface area (Å²) in [6.07, 6.45) is 6.79. The molecule has 158 valence electrons. The fourth-order valence-corrected chi connectivity index (χ4v) is 3.71. The largest absolute Gasteiger partial charge is 0.469 e. The Bertz CT molecular complexity index is 728. The number of hydrogen-bond donors (Lipinski definition) is 2. The summed E-state index contributed by atoms with van der Waals surface area (Å²) in [5, 5.41) is 7.05. The summed E-state index contributed by atoms with van der Waals surface area (Å²) in [6, 6.07) is 11.2. The Labute approximate surface area is 177 Å². The van der Waals surface area contributed by atoms with E-state index in [1.54, 1.807) is 18.0 Å². The molecule has 1 saturated heterocycles. The third-order valence-electron chi connectivity index (χ3n) is 5.06. The highest BCUT2D eigenvalue weighted by atomic mass is 32.2. The van der Waals surface area contributed by atoms with E-state index in [2.05, 4.69) is 21.8 Å². The van der Waals surface area contributed by atoms with E-state index in [1.807, 2.05) is 24.3 Å². The molecule has 1 aromatic heterocycles. The normalized spacial score (nSPS) is 16.1. The Morgan fingerprint density at radius 2 is 2.03 bits per heavy atom. The Balaban J connectivity index is 1.43. The number of guanidine groups is 1. The minimum Gasteiger partial charge on any atom is -0.469 e. The summed E-state index contributed by atoms with van der Waals surface area (Å²) in [7, 11) is 0. The van der Waals surface area contributed by atoms with Crippen LogP contribution in [0.3, 0.4) is 0 Å². The van der Waals surface area contributed by atoms with Crippen molar-refractivity contribution in [2.45, 2.75) is 31.8 Å². The number of rotatable bonds is 9. The molecular weight excluding hydrogens is 387 g/mol. The van der Waals surface area contributed by atoms with E-state index < -0.39 is 0 Å². The van der Waals surface area contributed by atoms with Gasteiger partial charge in [-0.25, -0.2) is 4.39 Å². The minimum atomic E-state index is -0.176. The lowest BCUT2D eigenvalue weighted by atomic mass is 10.0. The topological polar surface area (TPSA) is 52.8 Å². The van der Waals surface area contributed by atoms with E-state index in [0.717, 1.165) is 75.0 Å². The van der Waals surface area contributed by atoms with Crippen molar-refractivity contribution in [2.75, 3.05) is 38.2 Å². The number of likely N-dealkylation sites (tertiary alicyclic amines) is 1. The molecule has 29 heavy (non-hydrogen) atoms. The standard InChI is InChI=1S/C22H31FN4OS/c1-29-16-12-25-22(24-11-8-21-3-2-15-28-21)26-20-9-13-27(14-10-20)17-18-4-6-19(23)7-5-18/h2-7,15,20H,8-14,16-17H2,1H3,(H2,24,25,26). The number of aliphatic imine (C=N–C) groups is 1. The van der Waals surface area contributed by atoms with Crippen molar-refractivity contribution < 1.29 is 8.81 Å². The summed E-state index contributed by atoms with van der Waals surface area (Å²) in [5.74, 6) is 2.71. The second kappa shape index (κ2) is 11.9. The molecule has 0 unspecified atom stereocenters. The predicted molar refractivity (Wildman–Crippen MR) is 119 cm³/mol. The maximum Gasteiger partial charge on any atom is 0.191 e. The van der Waals surface area contributed by atoms with Crippen molar-refractivity contribution in [1.29, 1.82) is 0 Å². The molecule has 0 spiro atoms. The zero-order chi connectivity index (χ0) is 20.3. The molecule has 1 aromatic carbocycles. The molecule has 2 N–H and O–H groups in total. The zero-order valence-corrected chi connectivity index (χ0v) is 17.9. The van der Waals surface area contributed by atoms with Crippen LogP contribution in [0.15, 0.2) is 52.1 Å². The molecule has 5 nitrogen and oxygen atoms in total. The van der Waals surface area contributed by atoms with Gasteiger partial charge in [0.25, 0.3) is 0 Å². The van der Waals surface area contributed by atoms with Gasteiger partial charge in [-0.1, -0.05) is 12.1 Å². The van der Waals surface area contributed by atoms with Crippen LogP contribution < -0.4 is 10.6 Å². The van der Waals surface area contributed by atoms with Gasteiger partial charge >= 0.3 is 0 Å². The predicted octanol–water partition coefficient (Wildman–Crippen LogP) is 3.52. The summed E-state index contributed by atoms with van der Waals surface area (Å²) >= 11 is 1.81. The number of piperidine rings is 1. The average Bonchev–Trinajstić information content (AvgIpc) is 3.25. The van der Waals surface area contributed by atoms with E-state index in [0.29, 0.717) is 6.04 Å². The molecule has 0 radical (unpaired) electrons. The minimum absolute atomic E-state index is 0.176. The van der Waals surface area contributed by atoms with Gasteiger partial charge in [0.2, 0.25) is 0 Å². The second-order valence-electron chi connectivity index (χ2n) is 7.30. The van der Waals surface area contributed by atoms with Gasteiger partial charge in [-0.3, -0.25) is 9.89 Å². The molecule has 1 aliphatic rings. The van der Waals surface area contributed by atoms with Gasteiger partial charge in [0.1, 0.15) is 11.6 Å². The molecular formula is C22H31FN4OS. The van der Waals surface area contributed by atoms with Crippen LogP contribution in [-0.2, 0) is 13.0 Å². The first-order valence-corrected chi connectivity index (χ1v) is 11.7. The number of nitrogens with zero attached hydrogens (tertiary/aromatic N) is 2. The highest BCUT2D eigenvalue weighted by Gasteiger charge is 2.20. The van der Waals surface area contributed by atoms with E-state index in [-0.39, 0.29) is 5.82 Å². The van der Waals surface area contributed by atoms with Gasteiger partial charge in [-0.2, -0.15) is 11.8 Å². The third kappa shape index (κ3) is 7.74. The van der Waals surface area contributed by atoms with Crippen LogP contribution in [0.2, 0.25) is 0 Å². The average molecular weight is 419 g/mol. The van der Waals surface area contributed by atoms with Gasteiger partial charge in [-0.15, -0.1) is 0 Å². The SMILES string of the molecule is CSCCN=C(NCCc1ccco1)NC1CCN(Cc2ccc(F)cc2)CC1. The van der Waals surface area contributed by atoms with Crippen LogP contribution in [0.5, 0.6) is 0 Å². The van der Waals surface area contributed by atoms with Gasteiger partial charge in [0, 0.05) is 44.4 Å². The molecule has 0 aliphatic carbocycles. The lowest BCUT2D eigenvalue weighted by Gasteiger charge is -2.33. The Hall–Kier alpha value is -1.99.